The Morgan fingerprint density at radius 3 is 2.33 bits per heavy atom. The lowest BCUT2D eigenvalue weighted by Gasteiger charge is -2.21. The molecule has 0 aliphatic carbocycles. The molecule has 0 radical (unpaired) electrons. The number of rotatable bonds is 2. The van der Waals surface area contributed by atoms with Gasteiger partial charge in [-0.25, -0.2) is 0 Å². The van der Waals surface area contributed by atoms with Crippen molar-refractivity contribution in [1.29, 1.82) is 0 Å². The van der Waals surface area contributed by atoms with Crippen molar-refractivity contribution >= 4 is 6.08 Å². The molecule has 0 amide bonds. The lowest BCUT2D eigenvalue weighted by molar-refractivity contribution is -0.326. The van der Waals surface area contributed by atoms with Crippen molar-refractivity contribution < 1.29 is 5.11 Å². The Balaban J connectivity index is 2.81. The molecular weight excluding hydrogens is 150 g/mol. The Morgan fingerprint density at radius 1 is 1.25 bits per heavy atom. The third-order valence-corrected chi connectivity index (χ3v) is 1.53. The fourth-order valence-electron chi connectivity index (χ4n) is 0.821. The van der Waals surface area contributed by atoms with Gasteiger partial charge in [0.05, 0.1) is 0 Å². The molecule has 0 aliphatic heterocycles. The van der Waals surface area contributed by atoms with Gasteiger partial charge in [0.25, 0.3) is 0 Å². The van der Waals surface area contributed by atoms with Crippen LogP contribution >= 0.6 is 0 Å². The van der Waals surface area contributed by atoms with Crippen LogP contribution in [-0.2, 0) is 0 Å². The smallest absolute Gasteiger partial charge is 0.00499 e. The Kier molecular flexibility index (Phi) is 2.75. The summed E-state index contributed by atoms with van der Waals surface area (Å²) in [5.74, 6) is 0.0150. The van der Waals surface area contributed by atoms with E-state index in [-0.39, 0.29) is 5.88 Å². The molecule has 0 fully saturated rings. The van der Waals surface area contributed by atoms with E-state index in [9.17, 15) is 5.11 Å². The Labute approximate surface area is 72.8 Å². The number of hydrogen-bond donors (Lipinski definition) is 0. The van der Waals surface area contributed by atoms with Gasteiger partial charge in [-0.15, -0.1) is 0 Å². The largest absolute Gasteiger partial charge is 0.860 e. The van der Waals surface area contributed by atoms with Gasteiger partial charge in [0.1, 0.15) is 0 Å². The summed E-state index contributed by atoms with van der Waals surface area (Å²) in [4.78, 5) is 1.55. The van der Waals surface area contributed by atoms with Crippen LogP contribution in [0.15, 0.2) is 36.2 Å². The second kappa shape index (κ2) is 3.81. The minimum Gasteiger partial charge on any atom is -0.860 e. The molecule has 2 nitrogen and oxygen atoms in total. The van der Waals surface area contributed by atoms with Gasteiger partial charge < -0.3 is 10.0 Å². The first-order valence-electron chi connectivity index (χ1n) is 3.81. The van der Waals surface area contributed by atoms with Gasteiger partial charge in [-0.1, -0.05) is 30.3 Å². The van der Waals surface area contributed by atoms with Crippen molar-refractivity contribution in [2.24, 2.45) is 0 Å². The molecule has 0 aromatic heterocycles. The quantitative estimate of drug-likeness (QED) is 0.604. The zero-order valence-electron chi connectivity index (χ0n) is 7.32. The van der Waals surface area contributed by atoms with Gasteiger partial charge in [0, 0.05) is 14.1 Å². The highest BCUT2D eigenvalue weighted by atomic mass is 16.3. The molecule has 0 unspecified atom stereocenters. The van der Waals surface area contributed by atoms with Gasteiger partial charge in [0.15, 0.2) is 0 Å². The van der Waals surface area contributed by atoms with E-state index in [1.165, 1.54) is 0 Å². The van der Waals surface area contributed by atoms with Crippen molar-refractivity contribution in [3.63, 3.8) is 0 Å². The molecular formula is C10H12NO-. The molecule has 0 bridgehead atoms. The summed E-state index contributed by atoms with van der Waals surface area (Å²) in [6.07, 6.45) is 1.61. The highest BCUT2D eigenvalue weighted by molar-refractivity contribution is 5.49. The Hall–Kier alpha value is -1.44. The van der Waals surface area contributed by atoms with Gasteiger partial charge in [-0.3, -0.25) is 0 Å². The highest BCUT2D eigenvalue weighted by Gasteiger charge is 1.85. The van der Waals surface area contributed by atoms with E-state index in [4.69, 9.17) is 0 Å². The van der Waals surface area contributed by atoms with Crippen LogP contribution in [0.3, 0.4) is 0 Å². The second-order valence-corrected chi connectivity index (χ2v) is 2.79. The average Bonchev–Trinajstić information content (AvgIpc) is 2.06. The zero-order valence-corrected chi connectivity index (χ0v) is 7.32. The first-order valence-corrected chi connectivity index (χ1v) is 3.81. The van der Waals surface area contributed by atoms with Crippen LogP contribution in [0.5, 0.6) is 0 Å². The standard InChI is InChI=1S/C10H13NO/c1-11(2)10(12)8-9-6-4-3-5-7-9/h3-8,12H,1-2H3/p-1/b10-8-. The first-order chi connectivity index (χ1) is 5.70. The summed E-state index contributed by atoms with van der Waals surface area (Å²) in [5, 5.41) is 11.2. The lowest BCUT2D eigenvalue weighted by Crippen LogP contribution is -2.21. The molecule has 2 heteroatoms. The number of benzene rings is 1. The third-order valence-electron chi connectivity index (χ3n) is 1.53. The fraction of sp³-hybridized carbons (Fsp3) is 0.200. The molecule has 0 N–H and O–H groups in total. The van der Waals surface area contributed by atoms with Crippen LogP contribution in [0.1, 0.15) is 5.56 Å². The van der Waals surface area contributed by atoms with Crippen LogP contribution in [-0.4, -0.2) is 19.0 Å². The molecule has 12 heavy (non-hydrogen) atoms. The molecule has 0 saturated heterocycles. The topological polar surface area (TPSA) is 26.3 Å². The minimum absolute atomic E-state index is 0.0150. The monoisotopic (exact) mass is 162 g/mol. The van der Waals surface area contributed by atoms with Crippen LogP contribution in [0.25, 0.3) is 6.08 Å². The molecule has 1 aromatic carbocycles. The molecule has 0 spiro atoms. The lowest BCUT2D eigenvalue weighted by atomic mass is 10.2. The predicted molar refractivity (Wildman–Crippen MR) is 48.1 cm³/mol. The van der Waals surface area contributed by atoms with Crippen LogP contribution in [0.4, 0.5) is 0 Å². The van der Waals surface area contributed by atoms with Crippen molar-refractivity contribution in [1.82, 2.24) is 4.90 Å². The molecule has 64 valence electrons. The summed E-state index contributed by atoms with van der Waals surface area (Å²) in [7, 11) is 3.48. The average molecular weight is 162 g/mol. The van der Waals surface area contributed by atoms with Crippen LogP contribution < -0.4 is 5.11 Å². The van der Waals surface area contributed by atoms with E-state index in [0.29, 0.717) is 0 Å². The van der Waals surface area contributed by atoms with Crippen molar-refractivity contribution in [3.05, 3.63) is 41.8 Å². The summed E-state index contributed by atoms with van der Waals surface area (Å²) in [6.45, 7) is 0. The maximum Gasteiger partial charge on any atom is 0.00499 e. The summed E-state index contributed by atoms with van der Waals surface area (Å²) in [6, 6.07) is 9.56. The van der Waals surface area contributed by atoms with Gasteiger partial charge in [-0.2, -0.15) is 0 Å². The number of hydrogen-bond acceptors (Lipinski definition) is 2. The second-order valence-electron chi connectivity index (χ2n) is 2.79. The number of nitrogens with zero attached hydrogens (tertiary/aromatic N) is 1. The molecule has 0 saturated carbocycles. The molecule has 1 rings (SSSR count). The summed E-state index contributed by atoms with van der Waals surface area (Å²) >= 11 is 0. The van der Waals surface area contributed by atoms with Gasteiger partial charge in [0.2, 0.25) is 0 Å². The Morgan fingerprint density at radius 2 is 1.83 bits per heavy atom. The van der Waals surface area contributed by atoms with Crippen molar-refractivity contribution in [2.45, 2.75) is 0 Å². The molecule has 1 aromatic rings. The minimum atomic E-state index is 0.0150. The maximum absolute atomic E-state index is 11.2. The zero-order chi connectivity index (χ0) is 8.97. The molecule has 0 heterocycles. The molecule has 0 atom stereocenters. The fourth-order valence-corrected chi connectivity index (χ4v) is 0.821. The van der Waals surface area contributed by atoms with Crippen molar-refractivity contribution in [3.8, 4) is 0 Å². The van der Waals surface area contributed by atoms with E-state index in [2.05, 4.69) is 0 Å². The summed E-state index contributed by atoms with van der Waals surface area (Å²) in [5.41, 5.74) is 0.941. The van der Waals surface area contributed by atoms with E-state index in [1.807, 2.05) is 30.3 Å². The van der Waals surface area contributed by atoms with E-state index >= 15 is 0 Å². The first kappa shape index (κ1) is 8.65. The van der Waals surface area contributed by atoms with Crippen molar-refractivity contribution in [2.75, 3.05) is 14.1 Å². The van der Waals surface area contributed by atoms with Crippen LogP contribution in [0, 0.1) is 0 Å². The SMILES string of the molecule is CN(C)/C([O-])=C/c1ccccc1. The van der Waals surface area contributed by atoms with E-state index in [1.54, 1.807) is 25.1 Å². The van der Waals surface area contributed by atoms with Gasteiger partial charge in [-0.05, 0) is 17.5 Å². The maximum atomic E-state index is 11.2. The highest BCUT2D eigenvalue weighted by Crippen LogP contribution is 2.03. The van der Waals surface area contributed by atoms with E-state index in [0.717, 1.165) is 5.56 Å². The molecule has 0 aliphatic rings. The summed E-state index contributed by atoms with van der Waals surface area (Å²) < 4.78 is 0. The van der Waals surface area contributed by atoms with E-state index < -0.39 is 0 Å². The van der Waals surface area contributed by atoms with Gasteiger partial charge >= 0.3 is 0 Å². The predicted octanol–water partition coefficient (Wildman–Crippen LogP) is 0.907. The third kappa shape index (κ3) is 2.31. The Bertz CT molecular complexity index is 264. The normalized spacial score (nSPS) is 11.3. The van der Waals surface area contributed by atoms with Crippen LogP contribution in [0.2, 0.25) is 0 Å².